The van der Waals surface area contributed by atoms with Gasteiger partial charge in [0.15, 0.2) is 0 Å². The molecule has 0 aromatic carbocycles. The van der Waals surface area contributed by atoms with Crippen LogP contribution < -0.4 is 0 Å². The number of aliphatic imine (C=N–C) groups is 1. The first-order chi connectivity index (χ1) is 5.70. The Labute approximate surface area is 75.3 Å². The molecule has 0 bridgehead atoms. The Balaban J connectivity index is 2.62. The molecule has 0 saturated heterocycles. The molecular weight excluding hydrogens is 172 g/mol. The van der Waals surface area contributed by atoms with Gasteiger partial charge in [0.05, 0.1) is 11.2 Å². The standard InChI is InChI=1S/C8H10N2OS/c1-10(2)6-9-8(11)7-4-3-5-12-7/h3-6H,1-2H3. The van der Waals surface area contributed by atoms with Crippen molar-refractivity contribution in [1.82, 2.24) is 4.90 Å². The lowest BCUT2D eigenvalue weighted by molar-refractivity contribution is 0.101. The van der Waals surface area contributed by atoms with E-state index >= 15 is 0 Å². The highest BCUT2D eigenvalue weighted by atomic mass is 32.1. The Morgan fingerprint density at radius 1 is 1.67 bits per heavy atom. The van der Waals surface area contributed by atoms with Crippen LogP contribution in [0.1, 0.15) is 9.67 Å². The van der Waals surface area contributed by atoms with Gasteiger partial charge in [0.1, 0.15) is 0 Å². The summed E-state index contributed by atoms with van der Waals surface area (Å²) in [5.74, 6) is -0.182. The lowest BCUT2D eigenvalue weighted by Gasteiger charge is -2.00. The molecule has 1 rings (SSSR count). The quantitative estimate of drug-likeness (QED) is 0.512. The van der Waals surface area contributed by atoms with E-state index in [0.29, 0.717) is 4.88 Å². The molecule has 3 nitrogen and oxygen atoms in total. The van der Waals surface area contributed by atoms with Crippen LogP contribution in [0.3, 0.4) is 0 Å². The summed E-state index contributed by atoms with van der Waals surface area (Å²) in [5.41, 5.74) is 0. The third-order valence-corrected chi connectivity index (χ3v) is 2.00. The fourth-order valence-corrected chi connectivity index (χ4v) is 1.25. The second kappa shape index (κ2) is 4.01. The van der Waals surface area contributed by atoms with Crippen molar-refractivity contribution in [2.45, 2.75) is 0 Å². The summed E-state index contributed by atoms with van der Waals surface area (Å²) in [7, 11) is 3.65. The molecule has 0 aliphatic carbocycles. The van der Waals surface area contributed by atoms with Crippen LogP contribution in [-0.2, 0) is 0 Å². The molecule has 0 aliphatic heterocycles. The monoisotopic (exact) mass is 182 g/mol. The minimum absolute atomic E-state index is 0.182. The predicted molar refractivity (Wildman–Crippen MR) is 50.8 cm³/mol. The van der Waals surface area contributed by atoms with Crippen molar-refractivity contribution in [3.05, 3.63) is 22.4 Å². The number of carbonyl (C=O) groups excluding carboxylic acids is 1. The molecular formula is C8H10N2OS. The van der Waals surface area contributed by atoms with Crippen LogP contribution in [-0.4, -0.2) is 31.2 Å². The number of hydrogen-bond acceptors (Lipinski definition) is 2. The highest BCUT2D eigenvalue weighted by molar-refractivity contribution is 7.12. The van der Waals surface area contributed by atoms with Crippen LogP contribution in [0.5, 0.6) is 0 Å². The van der Waals surface area contributed by atoms with Gasteiger partial charge in [-0.3, -0.25) is 4.79 Å². The Kier molecular flexibility index (Phi) is 2.99. The number of rotatable bonds is 2. The summed E-state index contributed by atoms with van der Waals surface area (Å²) in [6.07, 6.45) is 1.50. The van der Waals surface area contributed by atoms with Crippen LogP contribution in [0.25, 0.3) is 0 Å². The maximum Gasteiger partial charge on any atom is 0.288 e. The molecule has 0 saturated carbocycles. The van der Waals surface area contributed by atoms with E-state index in [4.69, 9.17) is 0 Å². The summed E-state index contributed by atoms with van der Waals surface area (Å²) in [4.78, 5) is 17.3. The van der Waals surface area contributed by atoms with E-state index in [-0.39, 0.29) is 5.91 Å². The summed E-state index contributed by atoms with van der Waals surface area (Å²) >= 11 is 1.40. The SMILES string of the molecule is CN(C)C=NC(=O)c1cccs1. The van der Waals surface area contributed by atoms with Gasteiger partial charge in [-0.2, -0.15) is 4.99 Å². The van der Waals surface area contributed by atoms with Gasteiger partial charge >= 0.3 is 0 Å². The van der Waals surface area contributed by atoms with Crippen molar-refractivity contribution in [2.75, 3.05) is 14.1 Å². The summed E-state index contributed by atoms with van der Waals surface area (Å²) in [6.45, 7) is 0. The Morgan fingerprint density at radius 3 is 2.92 bits per heavy atom. The highest BCUT2D eigenvalue weighted by Gasteiger charge is 2.02. The molecule has 0 fully saturated rings. The van der Waals surface area contributed by atoms with Crippen LogP contribution in [0.2, 0.25) is 0 Å². The molecule has 0 atom stereocenters. The van der Waals surface area contributed by atoms with Gasteiger partial charge < -0.3 is 4.90 Å². The van der Waals surface area contributed by atoms with Gasteiger partial charge in [-0.25, -0.2) is 0 Å². The van der Waals surface area contributed by atoms with Crippen LogP contribution >= 0.6 is 11.3 Å². The van der Waals surface area contributed by atoms with Gasteiger partial charge in [-0.1, -0.05) is 6.07 Å². The van der Waals surface area contributed by atoms with Gasteiger partial charge in [0, 0.05) is 14.1 Å². The van der Waals surface area contributed by atoms with E-state index in [1.54, 1.807) is 11.0 Å². The number of hydrogen-bond donors (Lipinski definition) is 0. The first-order valence-electron chi connectivity index (χ1n) is 3.48. The zero-order chi connectivity index (χ0) is 8.97. The predicted octanol–water partition coefficient (Wildman–Crippen LogP) is 1.48. The van der Waals surface area contributed by atoms with E-state index in [9.17, 15) is 4.79 Å². The molecule has 1 heterocycles. The van der Waals surface area contributed by atoms with E-state index in [1.165, 1.54) is 17.7 Å². The second-order valence-corrected chi connectivity index (χ2v) is 3.44. The highest BCUT2D eigenvalue weighted by Crippen LogP contribution is 2.09. The molecule has 1 aromatic rings. The number of amides is 1. The summed E-state index contributed by atoms with van der Waals surface area (Å²) in [5, 5.41) is 1.86. The van der Waals surface area contributed by atoms with E-state index < -0.39 is 0 Å². The summed E-state index contributed by atoms with van der Waals surface area (Å²) < 4.78 is 0. The van der Waals surface area contributed by atoms with Gasteiger partial charge in [-0.15, -0.1) is 11.3 Å². The molecule has 1 aromatic heterocycles. The smallest absolute Gasteiger partial charge is 0.288 e. The average molecular weight is 182 g/mol. The maximum absolute atomic E-state index is 11.2. The number of thiophene rings is 1. The molecule has 0 spiro atoms. The van der Waals surface area contributed by atoms with Crippen LogP contribution in [0, 0.1) is 0 Å². The Morgan fingerprint density at radius 2 is 2.42 bits per heavy atom. The van der Waals surface area contributed by atoms with Crippen molar-refractivity contribution in [1.29, 1.82) is 0 Å². The van der Waals surface area contributed by atoms with Crippen molar-refractivity contribution in [3.63, 3.8) is 0 Å². The molecule has 0 N–H and O–H groups in total. The second-order valence-electron chi connectivity index (χ2n) is 2.49. The van der Waals surface area contributed by atoms with Gasteiger partial charge in [0.25, 0.3) is 5.91 Å². The van der Waals surface area contributed by atoms with E-state index in [0.717, 1.165) is 0 Å². The first kappa shape index (κ1) is 8.93. The molecule has 4 heteroatoms. The fraction of sp³-hybridized carbons (Fsp3) is 0.250. The van der Waals surface area contributed by atoms with Gasteiger partial charge in [0.2, 0.25) is 0 Å². The number of carbonyl (C=O) groups is 1. The minimum Gasteiger partial charge on any atom is -0.369 e. The lowest BCUT2D eigenvalue weighted by Crippen LogP contribution is -2.09. The van der Waals surface area contributed by atoms with Crippen molar-refractivity contribution < 1.29 is 4.79 Å². The molecule has 1 amide bonds. The van der Waals surface area contributed by atoms with Gasteiger partial charge in [-0.05, 0) is 11.4 Å². The third kappa shape index (κ3) is 2.47. The lowest BCUT2D eigenvalue weighted by atomic mass is 10.4. The average Bonchev–Trinajstić information content (AvgIpc) is 2.51. The van der Waals surface area contributed by atoms with Crippen molar-refractivity contribution >= 4 is 23.6 Å². The normalized spacial score (nSPS) is 10.5. The third-order valence-electron chi connectivity index (χ3n) is 1.14. The molecule has 12 heavy (non-hydrogen) atoms. The first-order valence-corrected chi connectivity index (χ1v) is 4.36. The Bertz CT molecular complexity index is 277. The molecule has 64 valence electrons. The molecule has 0 radical (unpaired) electrons. The zero-order valence-corrected chi connectivity index (χ0v) is 7.84. The van der Waals surface area contributed by atoms with Crippen LogP contribution in [0.15, 0.2) is 22.5 Å². The molecule has 0 unspecified atom stereocenters. The van der Waals surface area contributed by atoms with Crippen molar-refractivity contribution in [3.8, 4) is 0 Å². The number of nitrogens with zero attached hydrogens (tertiary/aromatic N) is 2. The van der Waals surface area contributed by atoms with Crippen molar-refractivity contribution in [2.24, 2.45) is 4.99 Å². The Hall–Kier alpha value is -1.16. The summed E-state index contributed by atoms with van der Waals surface area (Å²) in [6, 6.07) is 3.60. The maximum atomic E-state index is 11.2. The van der Waals surface area contributed by atoms with Crippen LogP contribution in [0.4, 0.5) is 0 Å². The largest absolute Gasteiger partial charge is 0.369 e. The fourth-order valence-electron chi connectivity index (χ4n) is 0.632. The van der Waals surface area contributed by atoms with E-state index in [2.05, 4.69) is 4.99 Å². The van der Waals surface area contributed by atoms with E-state index in [1.807, 2.05) is 25.5 Å². The topological polar surface area (TPSA) is 32.7 Å². The minimum atomic E-state index is -0.182. The molecule has 0 aliphatic rings. The zero-order valence-electron chi connectivity index (χ0n) is 7.02.